The first-order chi connectivity index (χ1) is 9.63. The highest BCUT2D eigenvalue weighted by Crippen LogP contribution is 2.25. The quantitative estimate of drug-likeness (QED) is 0.867. The molecule has 0 spiro atoms. The van der Waals surface area contributed by atoms with Crippen LogP contribution < -0.4 is 5.73 Å². The molecule has 1 aromatic heterocycles. The van der Waals surface area contributed by atoms with Crippen LogP contribution in [0.2, 0.25) is 0 Å². The third-order valence-corrected chi connectivity index (χ3v) is 4.22. The number of nitrogens with two attached hydrogens (primary N) is 1. The van der Waals surface area contributed by atoms with Crippen LogP contribution in [-0.4, -0.2) is 9.78 Å². The van der Waals surface area contributed by atoms with Gasteiger partial charge in [0.2, 0.25) is 0 Å². The second-order valence-electron chi connectivity index (χ2n) is 5.17. The summed E-state index contributed by atoms with van der Waals surface area (Å²) in [4.78, 5) is 0. The predicted octanol–water partition coefficient (Wildman–Crippen LogP) is 4.00. The first-order valence-electron chi connectivity index (χ1n) is 7.14. The summed E-state index contributed by atoms with van der Waals surface area (Å²) in [5, 5.41) is 4.39. The molecule has 0 radical (unpaired) electrons. The number of aromatic nitrogens is 2. The van der Waals surface area contributed by atoms with Crippen molar-refractivity contribution in [2.75, 3.05) is 0 Å². The van der Waals surface area contributed by atoms with Crippen LogP contribution in [0.1, 0.15) is 42.6 Å². The van der Waals surface area contributed by atoms with Gasteiger partial charge in [-0.3, -0.25) is 4.68 Å². The number of hydrogen-bond donors (Lipinski definition) is 1. The number of halogens is 1. The molecule has 1 aromatic carbocycles. The zero-order chi connectivity index (χ0) is 14.5. The van der Waals surface area contributed by atoms with Crippen LogP contribution in [0.5, 0.6) is 0 Å². The Morgan fingerprint density at radius 1 is 1.35 bits per heavy atom. The van der Waals surface area contributed by atoms with Crippen LogP contribution in [0, 0.1) is 6.92 Å². The molecule has 0 saturated carbocycles. The molecule has 2 N–H and O–H groups in total. The molecule has 1 atom stereocenters. The van der Waals surface area contributed by atoms with Gasteiger partial charge in [0.1, 0.15) is 0 Å². The van der Waals surface area contributed by atoms with Gasteiger partial charge in [-0.1, -0.05) is 31.2 Å². The maximum atomic E-state index is 6.38. The molecule has 2 rings (SSSR count). The number of benzene rings is 1. The molecule has 2 aromatic rings. The molecule has 1 unspecified atom stereocenters. The van der Waals surface area contributed by atoms with Gasteiger partial charge in [0.05, 0.1) is 16.4 Å². The molecular formula is C16H22BrN3. The zero-order valence-electron chi connectivity index (χ0n) is 12.1. The molecule has 1 heterocycles. The summed E-state index contributed by atoms with van der Waals surface area (Å²) in [6.07, 6.45) is 4.83. The van der Waals surface area contributed by atoms with Crippen LogP contribution in [0.25, 0.3) is 0 Å². The van der Waals surface area contributed by atoms with Crippen LogP contribution in [0.4, 0.5) is 0 Å². The monoisotopic (exact) mass is 335 g/mol. The van der Waals surface area contributed by atoms with E-state index in [-0.39, 0.29) is 6.04 Å². The third kappa shape index (κ3) is 3.49. The van der Waals surface area contributed by atoms with E-state index in [4.69, 9.17) is 5.73 Å². The highest BCUT2D eigenvalue weighted by Gasteiger charge is 2.16. The first-order valence-corrected chi connectivity index (χ1v) is 7.94. The van der Waals surface area contributed by atoms with Crippen LogP contribution >= 0.6 is 15.9 Å². The highest BCUT2D eigenvalue weighted by atomic mass is 79.9. The fourth-order valence-electron chi connectivity index (χ4n) is 2.47. The van der Waals surface area contributed by atoms with Gasteiger partial charge in [-0.05, 0) is 53.2 Å². The molecule has 3 nitrogen and oxygen atoms in total. The fraction of sp³-hybridized carbons (Fsp3) is 0.438. The Balaban J connectivity index is 2.07. The van der Waals surface area contributed by atoms with E-state index in [2.05, 4.69) is 59.1 Å². The van der Waals surface area contributed by atoms with E-state index >= 15 is 0 Å². The Bertz CT molecular complexity index is 563. The summed E-state index contributed by atoms with van der Waals surface area (Å²) in [6.45, 7) is 5.22. The van der Waals surface area contributed by atoms with E-state index in [9.17, 15) is 0 Å². The van der Waals surface area contributed by atoms with Crippen molar-refractivity contribution >= 4 is 15.9 Å². The minimum absolute atomic E-state index is 0.0121. The maximum Gasteiger partial charge on any atom is 0.0693 e. The Kier molecular flexibility index (Phi) is 5.38. The topological polar surface area (TPSA) is 43.8 Å². The zero-order valence-corrected chi connectivity index (χ0v) is 13.7. The molecule has 0 aliphatic heterocycles. The first kappa shape index (κ1) is 15.3. The van der Waals surface area contributed by atoms with Crippen LogP contribution in [-0.2, 0) is 13.0 Å². The van der Waals surface area contributed by atoms with Crippen molar-refractivity contribution in [3.63, 3.8) is 0 Å². The number of rotatable bonds is 6. The molecule has 0 aliphatic rings. The fourth-order valence-corrected chi connectivity index (χ4v) is 3.06. The second-order valence-corrected chi connectivity index (χ2v) is 6.03. The number of nitrogens with zero attached hydrogens (tertiary/aromatic N) is 2. The average molecular weight is 336 g/mol. The summed E-state index contributed by atoms with van der Waals surface area (Å²) in [7, 11) is 0. The van der Waals surface area contributed by atoms with Gasteiger partial charge in [0.15, 0.2) is 0 Å². The summed E-state index contributed by atoms with van der Waals surface area (Å²) in [6, 6.07) is 8.51. The van der Waals surface area contributed by atoms with Gasteiger partial charge in [-0.25, -0.2) is 0 Å². The van der Waals surface area contributed by atoms with Crippen LogP contribution in [0.3, 0.4) is 0 Å². The van der Waals surface area contributed by atoms with E-state index < -0.39 is 0 Å². The lowest BCUT2D eigenvalue weighted by Gasteiger charge is -2.15. The lowest BCUT2D eigenvalue weighted by molar-refractivity contribution is 0.521. The van der Waals surface area contributed by atoms with E-state index in [1.54, 1.807) is 0 Å². The van der Waals surface area contributed by atoms with Crippen LogP contribution in [0.15, 0.2) is 34.9 Å². The lowest BCUT2D eigenvalue weighted by atomic mass is 10.00. The molecule has 20 heavy (non-hydrogen) atoms. The van der Waals surface area contributed by atoms with Crippen molar-refractivity contribution < 1.29 is 0 Å². The van der Waals surface area contributed by atoms with Gasteiger partial charge in [-0.15, -0.1) is 0 Å². The van der Waals surface area contributed by atoms with E-state index in [0.29, 0.717) is 0 Å². The number of aryl methyl sites for hydroxylation is 3. The molecule has 0 bridgehead atoms. The number of hydrogen-bond acceptors (Lipinski definition) is 2. The van der Waals surface area contributed by atoms with Gasteiger partial charge >= 0.3 is 0 Å². The van der Waals surface area contributed by atoms with Gasteiger partial charge in [0.25, 0.3) is 0 Å². The minimum atomic E-state index is 0.0121. The standard InChI is InChI=1S/C16H22BrN3/c1-3-10-20-16(14(17)11-19-20)15(18)9-8-13-7-5-4-6-12(13)2/h4-7,11,15H,3,8-10,18H2,1-2H3. The summed E-state index contributed by atoms with van der Waals surface area (Å²) in [5.74, 6) is 0. The van der Waals surface area contributed by atoms with E-state index in [0.717, 1.165) is 36.0 Å². The summed E-state index contributed by atoms with van der Waals surface area (Å²) >= 11 is 3.57. The van der Waals surface area contributed by atoms with Crippen molar-refractivity contribution in [2.45, 2.75) is 45.7 Å². The molecule has 0 aliphatic carbocycles. The molecule has 0 saturated heterocycles. The average Bonchev–Trinajstić information content (AvgIpc) is 2.79. The van der Waals surface area contributed by atoms with Gasteiger partial charge in [-0.2, -0.15) is 5.10 Å². The molecule has 0 amide bonds. The second kappa shape index (κ2) is 7.04. The molecule has 4 heteroatoms. The molecule has 108 valence electrons. The Morgan fingerprint density at radius 3 is 2.80 bits per heavy atom. The summed E-state index contributed by atoms with van der Waals surface area (Å²) < 4.78 is 3.04. The minimum Gasteiger partial charge on any atom is -0.323 e. The van der Waals surface area contributed by atoms with Crippen molar-refractivity contribution in [3.05, 3.63) is 51.8 Å². The lowest BCUT2D eigenvalue weighted by Crippen LogP contribution is -2.18. The smallest absolute Gasteiger partial charge is 0.0693 e. The van der Waals surface area contributed by atoms with E-state index in [1.165, 1.54) is 11.1 Å². The normalized spacial score (nSPS) is 12.6. The van der Waals surface area contributed by atoms with Gasteiger partial charge in [0, 0.05) is 12.6 Å². The highest BCUT2D eigenvalue weighted by molar-refractivity contribution is 9.10. The van der Waals surface area contributed by atoms with Gasteiger partial charge < -0.3 is 5.73 Å². The van der Waals surface area contributed by atoms with Crippen molar-refractivity contribution in [1.82, 2.24) is 9.78 Å². The molecule has 0 fully saturated rings. The van der Waals surface area contributed by atoms with E-state index in [1.807, 2.05) is 10.9 Å². The van der Waals surface area contributed by atoms with Crippen molar-refractivity contribution in [2.24, 2.45) is 5.73 Å². The third-order valence-electron chi connectivity index (χ3n) is 3.61. The predicted molar refractivity (Wildman–Crippen MR) is 86.6 cm³/mol. The Labute approximate surface area is 129 Å². The maximum absolute atomic E-state index is 6.38. The largest absolute Gasteiger partial charge is 0.323 e. The Morgan fingerprint density at radius 2 is 2.10 bits per heavy atom. The summed E-state index contributed by atoms with van der Waals surface area (Å²) in [5.41, 5.74) is 10.2. The van der Waals surface area contributed by atoms with Crippen molar-refractivity contribution in [3.8, 4) is 0 Å². The SMILES string of the molecule is CCCn1ncc(Br)c1C(N)CCc1ccccc1C. The molecular weight excluding hydrogens is 314 g/mol. The van der Waals surface area contributed by atoms with Crippen molar-refractivity contribution in [1.29, 1.82) is 0 Å². The Hall–Kier alpha value is -1.13.